The van der Waals surface area contributed by atoms with E-state index in [9.17, 15) is 0 Å². The van der Waals surface area contributed by atoms with Gasteiger partial charge < -0.3 is 10.0 Å². The van der Waals surface area contributed by atoms with Gasteiger partial charge in [-0.15, -0.1) is 0 Å². The number of rotatable bonds is 6. The van der Waals surface area contributed by atoms with Crippen LogP contribution in [0.2, 0.25) is 0 Å². The molecular formula is C14H24N2O. The second kappa shape index (κ2) is 6.60. The van der Waals surface area contributed by atoms with Gasteiger partial charge in [0.1, 0.15) is 5.82 Å². The average Bonchev–Trinajstić information content (AvgIpc) is 2.27. The lowest BCUT2D eigenvalue weighted by atomic mass is 10.1. The van der Waals surface area contributed by atoms with Gasteiger partial charge in [0, 0.05) is 19.3 Å². The molecule has 0 unspecified atom stereocenters. The van der Waals surface area contributed by atoms with Gasteiger partial charge in [-0.2, -0.15) is 0 Å². The maximum absolute atomic E-state index is 9.16. The number of hydrogen-bond acceptors (Lipinski definition) is 3. The highest BCUT2D eigenvalue weighted by Gasteiger charge is 2.11. The minimum atomic E-state index is 0.0761. The molecule has 0 bridgehead atoms. The Morgan fingerprint density at radius 2 is 1.76 bits per heavy atom. The quantitative estimate of drug-likeness (QED) is 0.825. The van der Waals surface area contributed by atoms with Crippen LogP contribution in [0.25, 0.3) is 0 Å². The Hall–Kier alpha value is -1.09. The molecule has 0 saturated heterocycles. The summed E-state index contributed by atoms with van der Waals surface area (Å²) in [5.74, 6) is 2.18. The fourth-order valence-electron chi connectivity index (χ4n) is 1.88. The lowest BCUT2D eigenvalue weighted by molar-refractivity contribution is 0.281. The summed E-state index contributed by atoms with van der Waals surface area (Å²) in [6.45, 7) is 10.9. The van der Waals surface area contributed by atoms with Crippen molar-refractivity contribution in [2.75, 3.05) is 18.0 Å². The van der Waals surface area contributed by atoms with E-state index < -0.39 is 0 Å². The van der Waals surface area contributed by atoms with Crippen molar-refractivity contribution in [3.05, 3.63) is 23.9 Å². The molecule has 0 atom stereocenters. The van der Waals surface area contributed by atoms with Crippen LogP contribution in [0.15, 0.2) is 18.3 Å². The van der Waals surface area contributed by atoms with Crippen molar-refractivity contribution in [3.8, 4) is 0 Å². The molecule has 0 aromatic carbocycles. The Kier molecular flexibility index (Phi) is 5.42. The molecule has 0 aliphatic rings. The second-order valence-corrected chi connectivity index (χ2v) is 5.37. The predicted molar refractivity (Wildman–Crippen MR) is 72.0 cm³/mol. The van der Waals surface area contributed by atoms with Gasteiger partial charge in [-0.3, -0.25) is 0 Å². The number of anilines is 1. The van der Waals surface area contributed by atoms with E-state index in [0.717, 1.165) is 24.5 Å². The predicted octanol–water partition coefficient (Wildman–Crippen LogP) is 2.69. The summed E-state index contributed by atoms with van der Waals surface area (Å²) in [7, 11) is 0. The molecule has 3 nitrogen and oxygen atoms in total. The molecule has 1 aromatic rings. The number of aromatic nitrogens is 1. The first-order valence-corrected chi connectivity index (χ1v) is 6.33. The number of pyridine rings is 1. The number of nitrogens with zero attached hydrogens (tertiary/aromatic N) is 2. The van der Waals surface area contributed by atoms with Gasteiger partial charge in [0.2, 0.25) is 0 Å². The van der Waals surface area contributed by atoms with E-state index in [1.54, 1.807) is 6.20 Å². The first kappa shape index (κ1) is 14.0. The molecule has 3 heteroatoms. The lowest BCUT2D eigenvalue weighted by Gasteiger charge is -2.27. The van der Waals surface area contributed by atoms with E-state index >= 15 is 0 Å². The van der Waals surface area contributed by atoms with Gasteiger partial charge >= 0.3 is 0 Å². The minimum absolute atomic E-state index is 0.0761. The summed E-state index contributed by atoms with van der Waals surface area (Å²) in [6, 6.07) is 3.83. The van der Waals surface area contributed by atoms with Crippen LogP contribution in [-0.4, -0.2) is 23.2 Å². The third-order valence-corrected chi connectivity index (χ3v) is 2.49. The van der Waals surface area contributed by atoms with Crippen LogP contribution in [0.3, 0.4) is 0 Å². The topological polar surface area (TPSA) is 36.4 Å². The van der Waals surface area contributed by atoms with Gasteiger partial charge in [0.05, 0.1) is 6.61 Å². The molecule has 0 amide bonds. The van der Waals surface area contributed by atoms with E-state index in [1.807, 2.05) is 12.1 Å². The number of aliphatic hydroxyl groups is 1. The lowest BCUT2D eigenvalue weighted by Crippen LogP contribution is -2.32. The van der Waals surface area contributed by atoms with Crippen molar-refractivity contribution in [2.45, 2.75) is 34.3 Å². The molecule has 1 N–H and O–H groups in total. The van der Waals surface area contributed by atoms with Crippen LogP contribution in [0.1, 0.15) is 33.3 Å². The van der Waals surface area contributed by atoms with Crippen LogP contribution in [0.5, 0.6) is 0 Å². The van der Waals surface area contributed by atoms with Gasteiger partial charge in [0.15, 0.2) is 0 Å². The maximum Gasteiger partial charge on any atom is 0.128 e. The zero-order chi connectivity index (χ0) is 12.8. The van der Waals surface area contributed by atoms with Crippen molar-refractivity contribution >= 4 is 5.82 Å². The Bertz CT molecular complexity index is 327. The zero-order valence-corrected chi connectivity index (χ0v) is 11.3. The molecular weight excluding hydrogens is 212 g/mol. The van der Waals surface area contributed by atoms with Gasteiger partial charge in [-0.25, -0.2) is 4.98 Å². The van der Waals surface area contributed by atoms with E-state index in [2.05, 4.69) is 37.6 Å². The molecule has 0 aliphatic heterocycles. The van der Waals surface area contributed by atoms with Crippen LogP contribution >= 0.6 is 0 Å². The largest absolute Gasteiger partial charge is 0.392 e. The fourth-order valence-corrected chi connectivity index (χ4v) is 1.88. The van der Waals surface area contributed by atoms with Crippen LogP contribution in [0, 0.1) is 11.8 Å². The Morgan fingerprint density at radius 1 is 1.18 bits per heavy atom. The summed E-state index contributed by atoms with van der Waals surface area (Å²) in [4.78, 5) is 6.71. The minimum Gasteiger partial charge on any atom is -0.392 e. The van der Waals surface area contributed by atoms with E-state index in [0.29, 0.717) is 11.8 Å². The normalized spacial score (nSPS) is 11.2. The SMILES string of the molecule is CC(C)CN(CC(C)C)c1cc(CO)ccn1. The monoisotopic (exact) mass is 236 g/mol. The van der Waals surface area contributed by atoms with E-state index in [4.69, 9.17) is 5.11 Å². The van der Waals surface area contributed by atoms with Crippen molar-refractivity contribution < 1.29 is 5.11 Å². The van der Waals surface area contributed by atoms with Crippen molar-refractivity contribution in [2.24, 2.45) is 11.8 Å². The molecule has 96 valence electrons. The molecule has 0 fully saturated rings. The third-order valence-electron chi connectivity index (χ3n) is 2.49. The summed E-state index contributed by atoms with van der Waals surface area (Å²) in [5.41, 5.74) is 0.924. The van der Waals surface area contributed by atoms with Crippen LogP contribution < -0.4 is 4.90 Å². The van der Waals surface area contributed by atoms with Gasteiger partial charge in [0.25, 0.3) is 0 Å². The summed E-state index contributed by atoms with van der Waals surface area (Å²) in [5, 5.41) is 9.16. The Morgan fingerprint density at radius 3 is 2.24 bits per heavy atom. The molecule has 1 rings (SSSR count). The van der Waals surface area contributed by atoms with Gasteiger partial charge in [-0.05, 0) is 29.5 Å². The van der Waals surface area contributed by atoms with E-state index in [1.165, 1.54) is 0 Å². The van der Waals surface area contributed by atoms with Crippen molar-refractivity contribution in [1.29, 1.82) is 0 Å². The zero-order valence-electron chi connectivity index (χ0n) is 11.3. The first-order chi connectivity index (χ1) is 8.02. The summed E-state index contributed by atoms with van der Waals surface area (Å²) in [6.07, 6.45) is 1.77. The highest BCUT2D eigenvalue weighted by atomic mass is 16.3. The Labute approximate surface area is 104 Å². The van der Waals surface area contributed by atoms with Crippen LogP contribution in [0.4, 0.5) is 5.82 Å². The summed E-state index contributed by atoms with van der Waals surface area (Å²) >= 11 is 0. The molecule has 1 aromatic heterocycles. The number of hydrogen-bond donors (Lipinski definition) is 1. The molecule has 17 heavy (non-hydrogen) atoms. The molecule has 0 spiro atoms. The van der Waals surface area contributed by atoms with Crippen molar-refractivity contribution in [1.82, 2.24) is 4.98 Å². The fraction of sp³-hybridized carbons (Fsp3) is 0.643. The standard InChI is InChI=1S/C14H24N2O/c1-11(2)8-16(9-12(3)4)14-7-13(10-17)5-6-15-14/h5-7,11-12,17H,8-10H2,1-4H3. The molecule has 0 saturated carbocycles. The van der Waals surface area contributed by atoms with E-state index in [-0.39, 0.29) is 6.61 Å². The number of aliphatic hydroxyl groups excluding tert-OH is 1. The first-order valence-electron chi connectivity index (χ1n) is 6.33. The molecule has 0 aliphatic carbocycles. The maximum atomic E-state index is 9.16. The van der Waals surface area contributed by atoms with Gasteiger partial charge in [-0.1, -0.05) is 27.7 Å². The second-order valence-electron chi connectivity index (χ2n) is 5.37. The molecule has 0 radical (unpaired) electrons. The Balaban J connectivity index is 2.86. The smallest absolute Gasteiger partial charge is 0.128 e. The third kappa shape index (κ3) is 4.73. The van der Waals surface area contributed by atoms with Crippen LogP contribution in [-0.2, 0) is 6.61 Å². The molecule has 1 heterocycles. The highest BCUT2D eigenvalue weighted by molar-refractivity contribution is 5.40. The average molecular weight is 236 g/mol. The highest BCUT2D eigenvalue weighted by Crippen LogP contribution is 2.16. The van der Waals surface area contributed by atoms with Crippen molar-refractivity contribution in [3.63, 3.8) is 0 Å². The summed E-state index contributed by atoms with van der Waals surface area (Å²) < 4.78 is 0.